The highest BCUT2D eigenvalue weighted by Gasteiger charge is 2.19. The molecular weight excluding hydrogens is 352 g/mol. The maximum Gasteiger partial charge on any atom is 0.227 e. The van der Waals surface area contributed by atoms with Crippen LogP contribution in [0.3, 0.4) is 0 Å². The van der Waals surface area contributed by atoms with E-state index in [4.69, 9.17) is 4.98 Å². The van der Waals surface area contributed by atoms with Crippen molar-refractivity contribution in [2.24, 2.45) is 0 Å². The van der Waals surface area contributed by atoms with Crippen LogP contribution in [0.4, 0.5) is 11.8 Å². The Bertz CT molecular complexity index is 893. The molecule has 0 saturated carbocycles. The van der Waals surface area contributed by atoms with Crippen LogP contribution in [0.5, 0.6) is 0 Å². The molecule has 3 rings (SSSR count). The molecule has 3 aromatic rings. The number of hydrogen-bond donors (Lipinski definition) is 3. The highest BCUT2D eigenvalue weighted by Crippen LogP contribution is 2.24. The molecule has 0 amide bonds. The van der Waals surface area contributed by atoms with Gasteiger partial charge in [0, 0.05) is 12.6 Å². The summed E-state index contributed by atoms with van der Waals surface area (Å²) in [6, 6.07) is 10.3. The Kier molecular flexibility index (Phi) is 6.46. The molecule has 0 fully saturated rings. The van der Waals surface area contributed by atoms with Crippen LogP contribution in [0.1, 0.15) is 52.1 Å². The van der Waals surface area contributed by atoms with Crippen LogP contribution in [0.25, 0.3) is 11.2 Å². The normalized spacial score (nSPS) is 13.6. The quantitative estimate of drug-likeness (QED) is 0.519. The monoisotopic (exact) mass is 382 g/mol. The van der Waals surface area contributed by atoms with Gasteiger partial charge >= 0.3 is 0 Å². The van der Waals surface area contributed by atoms with E-state index in [9.17, 15) is 5.11 Å². The van der Waals surface area contributed by atoms with Crippen molar-refractivity contribution in [2.75, 3.05) is 10.6 Å². The Balaban J connectivity index is 1.95. The van der Waals surface area contributed by atoms with Crippen LogP contribution in [0.15, 0.2) is 36.7 Å². The van der Waals surface area contributed by atoms with Gasteiger partial charge < -0.3 is 20.3 Å². The fourth-order valence-electron chi connectivity index (χ4n) is 3.18. The van der Waals surface area contributed by atoms with Crippen LogP contribution < -0.4 is 10.6 Å². The predicted molar refractivity (Wildman–Crippen MR) is 113 cm³/mol. The van der Waals surface area contributed by atoms with Crippen molar-refractivity contribution in [3.63, 3.8) is 0 Å². The van der Waals surface area contributed by atoms with Gasteiger partial charge in [0.25, 0.3) is 0 Å². The van der Waals surface area contributed by atoms with E-state index in [-0.39, 0.29) is 12.1 Å². The molecule has 0 aliphatic rings. The number of aliphatic hydroxyl groups is 1. The molecule has 28 heavy (non-hydrogen) atoms. The van der Waals surface area contributed by atoms with Gasteiger partial charge in [0.15, 0.2) is 17.0 Å². The van der Waals surface area contributed by atoms with Crippen molar-refractivity contribution in [1.82, 2.24) is 19.5 Å². The van der Waals surface area contributed by atoms with E-state index < -0.39 is 6.10 Å². The molecule has 2 atom stereocenters. The molecule has 150 valence electrons. The molecule has 1 unspecified atom stereocenters. The lowest BCUT2D eigenvalue weighted by atomic mass is 10.1. The van der Waals surface area contributed by atoms with E-state index in [0.717, 1.165) is 17.6 Å². The van der Waals surface area contributed by atoms with Crippen molar-refractivity contribution in [3.05, 3.63) is 42.2 Å². The smallest absolute Gasteiger partial charge is 0.227 e. The van der Waals surface area contributed by atoms with Crippen molar-refractivity contribution in [2.45, 2.75) is 65.3 Å². The zero-order valence-electron chi connectivity index (χ0n) is 17.1. The molecule has 0 bridgehead atoms. The zero-order valence-corrected chi connectivity index (χ0v) is 17.1. The summed E-state index contributed by atoms with van der Waals surface area (Å²) in [7, 11) is 0. The Morgan fingerprint density at radius 1 is 1.07 bits per heavy atom. The van der Waals surface area contributed by atoms with E-state index in [1.54, 1.807) is 6.33 Å². The number of hydrogen-bond acceptors (Lipinski definition) is 6. The molecule has 2 aromatic heterocycles. The molecule has 0 aliphatic heterocycles. The molecule has 0 radical (unpaired) electrons. The number of anilines is 2. The number of nitrogens with one attached hydrogen (secondary N) is 2. The maximum atomic E-state index is 10.3. The second kappa shape index (κ2) is 9.01. The van der Waals surface area contributed by atoms with Crippen molar-refractivity contribution >= 4 is 22.9 Å². The molecule has 0 spiro atoms. The van der Waals surface area contributed by atoms with Gasteiger partial charge in [-0.1, -0.05) is 44.2 Å². The third-order valence-electron chi connectivity index (χ3n) is 4.92. The first-order chi connectivity index (χ1) is 13.5. The van der Waals surface area contributed by atoms with Gasteiger partial charge in [-0.05, 0) is 32.3 Å². The Labute approximate surface area is 166 Å². The van der Waals surface area contributed by atoms with Crippen LogP contribution in [-0.2, 0) is 6.54 Å². The van der Waals surface area contributed by atoms with Crippen molar-refractivity contribution in [1.29, 1.82) is 0 Å². The van der Waals surface area contributed by atoms with Gasteiger partial charge in [-0.2, -0.15) is 9.97 Å². The predicted octanol–water partition coefficient (Wildman–Crippen LogP) is 3.98. The summed E-state index contributed by atoms with van der Waals surface area (Å²) in [5.74, 6) is 1.20. The first-order valence-corrected chi connectivity index (χ1v) is 10.00. The maximum absolute atomic E-state index is 10.3. The number of nitrogens with zero attached hydrogens (tertiary/aromatic N) is 4. The lowest BCUT2D eigenvalue weighted by Gasteiger charge is -2.22. The minimum absolute atomic E-state index is 0.0974. The number of fused-ring (bicyclic) bond motifs is 1. The number of aromatic nitrogens is 4. The Hall–Kier alpha value is -2.67. The number of benzene rings is 1. The van der Waals surface area contributed by atoms with Crippen LogP contribution >= 0.6 is 0 Å². The molecule has 7 heteroatoms. The van der Waals surface area contributed by atoms with Crippen molar-refractivity contribution in [3.8, 4) is 0 Å². The number of rotatable bonds is 9. The average molecular weight is 383 g/mol. The number of aliphatic hydroxyl groups excluding tert-OH is 1. The van der Waals surface area contributed by atoms with Crippen LogP contribution in [0, 0.1) is 0 Å². The van der Waals surface area contributed by atoms with Gasteiger partial charge in [0.2, 0.25) is 5.95 Å². The third-order valence-corrected chi connectivity index (χ3v) is 4.92. The van der Waals surface area contributed by atoms with Gasteiger partial charge in [0.1, 0.15) is 0 Å². The van der Waals surface area contributed by atoms with E-state index >= 15 is 0 Å². The summed E-state index contributed by atoms with van der Waals surface area (Å²) in [6.45, 7) is 8.86. The summed E-state index contributed by atoms with van der Waals surface area (Å²) >= 11 is 0. The van der Waals surface area contributed by atoms with Crippen LogP contribution in [-0.4, -0.2) is 36.8 Å². The molecule has 2 heterocycles. The lowest BCUT2D eigenvalue weighted by Crippen LogP contribution is -2.33. The highest BCUT2D eigenvalue weighted by molar-refractivity contribution is 5.84. The van der Waals surface area contributed by atoms with Gasteiger partial charge in [0.05, 0.1) is 18.5 Å². The Morgan fingerprint density at radius 3 is 2.46 bits per heavy atom. The second-order valence-corrected chi connectivity index (χ2v) is 7.29. The van der Waals surface area contributed by atoms with Gasteiger partial charge in [-0.3, -0.25) is 0 Å². The largest absolute Gasteiger partial charge is 0.391 e. The topological polar surface area (TPSA) is 87.9 Å². The fourth-order valence-corrected chi connectivity index (χ4v) is 3.18. The molecule has 0 aliphatic carbocycles. The number of imidazole rings is 1. The molecule has 0 saturated heterocycles. The SMILES string of the molecule is CCC(O)[C@@H](CC)Nc1nc(NCc2ccccc2)c2ncn(C(C)C)c2n1. The standard InChI is InChI=1S/C21H30N6O/c1-5-16(17(28)6-2)24-21-25-19(22-12-15-10-8-7-9-11-15)18-20(26-21)27(13-23-18)14(3)4/h7-11,13-14,16-17,28H,5-6,12H2,1-4H3,(H2,22,24,25,26)/t16-,17?/m1/s1. The zero-order chi connectivity index (χ0) is 20.1. The van der Waals surface area contributed by atoms with E-state index in [1.165, 1.54) is 5.56 Å². The van der Waals surface area contributed by atoms with Gasteiger partial charge in [-0.15, -0.1) is 0 Å². The minimum atomic E-state index is -0.444. The van der Waals surface area contributed by atoms with E-state index in [0.29, 0.717) is 24.7 Å². The first-order valence-electron chi connectivity index (χ1n) is 10.00. The second-order valence-electron chi connectivity index (χ2n) is 7.29. The summed E-state index contributed by atoms with van der Waals surface area (Å²) in [5.41, 5.74) is 2.70. The summed E-state index contributed by atoms with van der Waals surface area (Å²) in [5, 5.41) is 17.0. The minimum Gasteiger partial charge on any atom is -0.391 e. The third kappa shape index (κ3) is 4.42. The van der Waals surface area contributed by atoms with Crippen LogP contribution in [0.2, 0.25) is 0 Å². The van der Waals surface area contributed by atoms with Crippen molar-refractivity contribution < 1.29 is 5.11 Å². The summed E-state index contributed by atoms with van der Waals surface area (Å²) < 4.78 is 2.03. The fraction of sp³-hybridized carbons (Fsp3) is 0.476. The molecular formula is C21H30N6O. The summed E-state index contributed by atoms with van der Waals surface area (Å²) in [4.78, 5) is 13.9. The molecule has 1 aromatic carbocycles. The lowest BCUT2D eigenvalue weighted by molar-refractivity contribution is 0.146. The average Bonchev–Trinajstić information content (AvgIpc) is 3.14. The first kappa shape index (κ1) is 20.1. The molecule has 3 N–H and O–H groups in total. The highest BCUT2D eigenvalue weighted by atomic mass is 16.3. The summed E-state index contributed by atoms with van der Waals surface area (Å²) in [6.07, 6.45) is 2.82. The Morgan fingerprint density at radius 2 is 1.82 bits per heavy atom. The molecule has 7 nitrogen and oxygen atoms in total. The van der Waals surface area contributed by atoms with E-state index in [2.05, 4.69) is 46.6 Å². The van der Waals surface area contributed by atoms with E-state index in [1.807, 2.05) is 36.6 Å². The van der Waals surface area contributed by atoms with Gasteiger partial charge in [-0.25, -0.2) is 4.98 Å².